The third-order valence-electron chi connectivity index (χ3n) is 5.40. The second-order valence-corrected chi connectivity index (χ2v) is 10.9. The van der Waals surface area contributed by atoms with Crippen LogP contribution in [0, 0.1) is 0 Å². The molecule has 4 rings (SSSR count). The highest BCUT2D eigenvalue weighted by Crippen LogP contribution is 2.30. The maximum atomic E-state index is 12.9. The molecule has 1 aliphatic heterocycles. The van der Waals surface area contributed by atoms with Crippen molar-refractivity contribution in [3.63, 3.8) is 0 Å². The van der Waals surface area contributed by atoms with Gasteiger partial charge in [-0.05, 0) is 61.9 Å². The van der Waals surface area contributed by atoms with Crippen LogP contribution in [0.25, 0.3) is 0 Å². The van der Waals surface area contributed by atoms with Crippen LogP contribution >= 0.6 is 22.9 Å². The second kappa shape index (κ2) is 8.66. The molecule has 2 N–H and O–H groups in total. The van der Waals surface area contributed by atoms with Crippen molar-refractivity contribution in [2.75, 3.05) is 13.1 Å². The van der Waals surface area contributed by atoms with Gasteiger partial charge in [0.25, 0.3) is 11.8 Å². The predicted molar refractivity (Wildman–Crippen MR) is 115 cm³/mol. The van der Waals surface area contributed by atoms with Gasteiger partial charge < -0.3 is 0 Å². The van der Waals surface area contributed by atoms with Crippen LogP contribution in [0.5, 0.6) is 0 Å². The summed E-state index contributed by atoms with van der Waals surface area (Å²) in [5.41, 5.74) is 5.90. The number of thiophene rings is 1. The molecule has 7 nitrogen and oxygen atoms in total. The standard InChI is InChI=1S/C20H22ClN3O4S2/c21-16-8-7-14(30(27,28)24-9-2-1-3-10-24)12-15(16)19(25)22-23-20(26)18-11-13-5-4-6-17(13)29-18/h7-8,11-12H,1-6,9-10H2,(H,22,25)(H,23,26). The minimum absolute atomic E-state index is 0.0104. The van der Waals surface area contributed by atoms with Gasteiger partial charge in [-0.1, -0.05) is 18.0 Å². The van der Waals surface area contributed by atoms with Crippen molar-refractivity contribution >= 4 is 44.8 Å². The van der Waals surface area contributed by atoms with Gasteiger partial charge in [-0.3, -0.25) is 20.4 Å². The lowest BCUT2D eigenvalue weighted by molar-refractivity contribution is 0.0849. The summed E-state index contributed by atoms with van der Waals surface area (Å²) in [6, 6.07) is 5.90. The highest BCUT2D eigenvalue weighted by atomic mass is 35.5. The zero-order valence-corrected chi connectivity index (χ0v) is 18.6. The van der Waals surface area contributed by atoms with Crippen molar-refractivity contribution in [3.8, 4) is 0 Å². The molecule has 2 aliphatic rings. The lowest BCUT2D eigenvalue weighted by atomic mass is 10.2. The van der Waals surface area contributed by atoms with E-state index in [1.54, 1.807) is 0 Å². The van der Waals surface area contributed by atoms with E-state index in [1.807, 2.05) is 6.07 Å². The van der Waals surface area contributed by atoms with Crippen molar-refractivity contribution in [2.45, 2.75) is 43.4 Å². The van der Waals surface area contributed by atoms with Gasteiger partial charge in [-0.15, -0.1) is 11.3 Å². The van der Waals surface area contributed by atoms with E-state index in [0.717, 1.165) is 38.5 Å². The molecule has 2 amide bonds. The second-order valence-electron chi connectivity index (χ2n) is 7.43. The minimum Gasteiger partial charge on any atom is -0.267 e. The number of piperidine rings is 1. The van der Waals surface area contributed by atoms with Crippen molar-refractivity contribution in [3.05, 3.63) is 50.2 Å². The molecule has 0 unspecified atom stereocenters. The van der Waals surface area contributed by atoms with Gasteiger partial charge in [0, 0.05) is 18.0 Å². The summed E-state index contributed by atoms with van der Waals surface area (Å²) < 4.78 is 27.2. The van der Waals surface area contributed by atoms with Crippen LogP contribution in [0.1, 0.15) is 56.2 Å². The van der Waals surface area contributed by atoms with Crippen molar-refractivity contribution < 1.29 is 18.0 Å². The third kappa shape index (κ3) is 4.25. The van der Waals surface area contributed by atoms with Crippen molar-refractivity contribution in [1.29, 1.82) is 0 Å². The maximum absolute atomic E-state index is 12.9. The number of sulfonamides is 1. The fraction of sp³-hybridized carbons (Fsp3) is 0.400. The topological polar surface area (TPSA) is 95.6 Å². The van der Waals surface area contributed by atoms with E-state index in [2.05, 4.69) is 10.9 Å². The van der Waals surface area contributed by atoms with E-state index in [1.165, 1.54) is 44.3 Å². The number of nitrogens with one attached hydrogen (secondary N) is 2. The molecule has 10 heteroatoms. The highest BCUT2D eigenvalue weighted by molar-refractivity contribution is 7.89. The lowest BCUT2D eigenvalue weighted by Gasteiger charge is -2.26. The maximum Gasteiger partial charge on any atom is 0.279 e. The Balaban J connectivity index is 1.46. The molecule has 0 bridgehead atoms. The predicted octanol–water partition coefficient (Wildman–Crippen LogP) is 3.14. The number of hydrogen-bond acceptors (Lipinski definition) is 5. The first-order valence-electron chi connectivity index (χ1n) is 9.88. The molecule has 30 heavy (non-hydrogen) atoms. The van der Waals surface area contributed by atoms with E-state index >= 15 is 0 Å². The quantitative estimate of drug-likeness (QED) is 0.675. The van der Waals surface area contributed by atoms with Gasteiger partial charge in [0.1, 0.15) is 0 Å². The minimum atomic E-state index is -3.70. The molecule has 0 saturated carbocycles. The molecule has 0 spiro atoms. The van der Waals surface area contributed by atoms with Gasteiger partial charge in [0.05, 0.1) is 20.4 Å². The molecule has 1 aromatic carbocycles. The molecule has 0 atom stereocenters. The normalized spacial score (nSPS) is 16.8. The van der Waals surface area contributed by atoms with E-state index in [-0.39, 0.29) is 15.5 Å². The van der Waals surface area contributed by atoms with Crippen LogP contribution in [0.2, 0.25) is 5.02 Å². The number of benzene rings is 1. The number of hydrazine groups is 1. The smallest absolute Gasteiger partial charge is 0.267 e. The first-order valence-corrected chi connectivity index (χ1v) is 12.5. The molecule has 1 aromatic heterocycles. The number of hydrogen-bond donors (Lipinski definition) is 2. The molecule has 2 aromatic rings. The first kappa shape index (κ1) is 21.3. The van der Waals surface area contributed by atoms with Gasteiger partial charge in [0.2, 0.25) is 10.0 Å². The summed E-state index contributed by atoms with van der Waals surface area (Å²) in [6.07, 6.45) is 5.70. The van der Waals surface area contributed by atoms with Crippen LogP contribution in [-0.2, 0) is 22.9 Å². The monoisotopic (exact) mass is 467 g/mol. The van der Waals surface area contributed by atoms with E-state index in [9.17, 15) is 18.0 Å². The summed E-state index contributed by atoms with van der Waals surface area (Å²) in [7, 11) is -3.70. The van der Waals surface area contributed by atoms with Crippen LogP contribution in [0.3, 0.4) is 0 Å². The Bertz CT molecular complexity index is 1070. The van der Waals surface area contributed by atoms with Gasteiger partial charge in [0.15, 0.2) is 0 Å². The van der Waals surface area contributed by atoms with Gasteiger partial charge >= 0.3 is 0 Å². The van der Waals surface area contributed by atoms with Crippen LogP contribution < -0.4 is 10.9 Å². The van der Waals surface area contributed by atoms with E-state index in [4.69, 9.17) is 11.6 Å². The fourth-order valence-corrected chi connectivity index (χ4v) is 6.67. The van der Waals surface area contributed by atoms with Crippen LogP contribution in [0.15, 0.2) is 29.2 Å². The fourth-order valence-electron chi connectivity index (χ4n) is 3.78. The molecule has 1 fully saturated rings. The van der Waals surface area contributed by atoms with E-state index < -0.39 is 21.8 Å². The van der Waals surface area contributed by atoms with E-state index in [0.29, 0.717) is 18.0 Å². The van der Waals surface area contributed by atoms with Gasteiger partial charge in [-0.25, -0.2) is 8.42 Å². The highest BCUT2D eigenvalue weighted by Gasteiger charge is 2.27. The summed E-state index contributed by atoms with van der Waals surface area (Å²) >= 11 is 7.56. The largest absolute Gasteiger partial charge is 0.279 e. The van der Waals surface area contributed by atoms with Crippen LogP contribution in [0.4, 0.5) is 0 Å². The summed E-state index contributed by atoms with van der Waals surface area (Å²) in [6.45, 7) is 0.931. The lowest BCUT2D eigenvalue weighted by Crippen LogP contribution is -2.41. The number of rotatable bonds is 4. The number of amides is 2. The Morgan fingerprint density at radius 2 is 1.70 bits per heavy atom. The Morgan fingerprint density at radius 1 is 0.967 bits per heavy atom. The average molecular weight is 468 g/mol. The molecule has 160 valence electrons. The number of aryl methyl sites for hydroxylation is 2. The average Bonchev–Trinajstić information content (AvgIpc) is 3.35. The number of fused-ring (bicyclic) bond motifs is 1. The third-order valence-corrected chi connectivity index (χ3v) is 8.86. The molecule has 0 radical (unpaired) electrons. The summed E-state index contributed by atoms with van der Waals surface area (Å²) in [5, 5.41) is 0.106. The number of carbonyl (C=O) groups excluding carboxylic acids is 2. The zero-order chi connectivity index (χ0) is 21.3. The zero-order valence-electron chi connectivity index (χ0n) is 16.2. The first-order chi connectivity index (χ1) is 14.4. The SMILES string of the molecule is O=C(NNC(=O)c1cc(S(=O)(=O)N2CCCCC2)ccc1Cl)c1cc2c(s1)CCC2. The summed E-state index contributed by atoms with van der Waals surface area (Å²) in [4.78, 5) is 26.7. The van der Waals surface area contributed by atoms with Gasteiger partial charge in [-0.2, -0.15) is 4.31 Å². The van der Waals surface area contributed by atoms with Crippen LogP contribution in [-0.4, -0.2) is 37.6 Å². The summed E-state index contributed by atoms with van der Waals surface area (Å²) in [5.74, 6) is -1.08. The molecule has 2 heterocycles. The molecule has 1 aliphatic carbocycles. The number of nitrogens with zero attached hydrogens (tertiary/aromatic N) is 1. The molecule has 1 saturated heterocycles. The number of halogens is 1. The Morgan fingerprint density at radius 3 is 2.43 bits per heavy atom. The Hall–Kier alpha value is -1.94. The molecular weight excluding hydrogens is 446 g/mol. The number of carbonyl (C=O) groups is 2. The van der Waals surface area contributed by atoms with Crippen molar-refractivity contribution in [2.24, 2.45) is 0 Å². The Labute approximate surface area is 184 Å². The van der Waals surface area contributed by atoms with Crippen molar-refractivity contribution in [1.82, 2.24) is 15.2 Å². The molecular formula is C20H22ClN3O4S2. The Kier molecular flexibility index (Phi) is 6.15.